The second kappa shape index (κ2) is 7.31. The molecule has 2 aromatic rings. The number of halogens is 1. The highest BCUT2D eigenvalue weighted by Gasteiger charge is 2.18. The van der Waals surface area contributed by atoms with Crippen molar-refractivity contribution in [2.24, 2.45) is 5.73 Å². The first-order chi connectivity index (χ1) is 9.61. The molecule has 0 radical (unpaired) electrons. The molecule has 0 aliphatic rings. The molecule has 1 unspecified atom stereocenters. The Hall–Kier alpha value is -0.750. The minimum absolute atomic E-state index is 0.284. The van der Waals surface area contributed by atoms with Gasteiger partial charge < -0.3 is 5.73 Å². The lowest BCUT2D eigenvalue weighted by atomic mass is 10.1. The minimum Gasteiger partial charge on any atom is -0.329 e. The van der Waals surface area contributed by atoms with E-state index in [9.17, 15) is 0 Å². The maximum Gasteiger partial charge on any atom is 0.0562 e. The Morgan fingerprint density at radius 3 is 2.65 bits per heavy atom. The molecule has 0 aromatic carbocycles. The van der Waals surface area contributed by atoms with Gasteiger partial charge in [-0.15, -0.1) is 11.3 Å². The summed E-state index contributed by atoms with van der Waals surface area (Å²) in [7, 11) is 2.14. The van der Waals surface area contributed by atoms with Crippen molar-refractivity contribution in [2.75, 3.05) is 20.1 Å². The van der Waals surface area contributed by atoms with Gasteiger partial charge in [-0.05, 0) is 60.1 Å². The molecular weight excluding hydrogens is 334 g/mol. The number of thiophene rings is 1. The first kappa shape index (κ1) is 15.6. The predicted molar refractivity (Wildman–Crippen MR) is 89.1 cm³/mol. The van der Waals surface area contributed by atoms with E-state index in [2.05, 4.69) is 58.0 Å². The first-order valence-corrected chi connectivity index (χ1v) is 8.27. The molecule has 2 rings (SSSR count). The number of pyridine rings is 1. The lowest BCUT2D eigenvalue weighted by molar-refractivity contribution is 0.256. The summed E-state index contributed by atoms with van der Waals surface area (Å²) < 4.78 is 1.18. The summed E-state index contributed by atoms with van der Waals surface area (Å²) in [5.74, 6) is 0. The zero-order valence-corrected chi connectivity index (χ0v) is 14.2. The molecule has 0 amide bonds. The van der Waals surface area contributed by atoms with Crippen LogP contribution in [0.1, 0.15) is 21.4 Å². The molecule has 2 N–H and O–H groups in total. The normalized spacial score (nSPS) is 12.8. The molecule has 1 atom stereocenters. The van der Waals surface area contributed by atoms with Crippen LogP contribution in [0.4, 0.5) is 0 Å². The number of nitrogens with zero attached hydrogens (tertiary/aromatic N) is 2. The third kappa shape index (κ3) is 3.88. The molecule has 0 spiro atoms. The molecule has 0 saturated carbocycles. The Morgan fingerprint density at radius 1 is 1.40 bits per heavy atom. The van der Waals surface area contributed by atoms with E-state index in [4.69, 9.17) is 5.73 Å². The summed E-state index contributed by atoms with van der Waals surface area (Å²) in [6, 6.07) is 6.61. The van der Waals surface area contributed by atoms with Crippen molar-refractivity contribution >= 4 is 27.3 Å². The zero-order chi connectivity index (χ0) is 14.5. The number of likely N-dealkylation sites (N-methyl/N-ethyl adjacent to an activating group) is 1. The Labute approximate surface area is 133 Å². The van der Waals surface area contributed by atoms with Gasteiger partial charge in [-0.1, -0.05) is 0 Å². The first-order valence-electron chi connectivity index (χ1n) is 6.67. The standard InChI is InChI=1S/C15H20BrN3S/c1-11-13(16)9-15(20-11)14(10-17)19(2)8-5-12-3-6-18-7-4-12/h3-4,6-7,9,14H,5,8,10,17H2,1-2H3. The van der Waals surface area contributed by atoms with E-state index >= 15 is 0 Å². The second-order valence-electron chi connectivity index (χ2n) is 4.89. The molecule has 20 heavy (non-hydrogen) atoms. The summed E-state index contributed by atoms with van der Waals surface area (Å²) in [6.45, 7) is 3.75. The van der Waals surface area contributed by atoms with Gasteiger partial charge in [-0.3, -0.25) is 9.88 Å². The number of nitrogens with two attached hydrogens (primary N) is 1. The minimum atomic E-state index is 0.284. The molecule has 2 aromatic heterocycles. The third-order valence-electron chi connectivity index (χ3n) is 3.46. The Kier molecular flexibility index (Phi) is 5.72. The van der Waals surface area contributed by atoms with Crippen LogP contribution in [-0.2, 0) is 6.42 Å². The number of hydrogen-bond donors (Lipinski definition) is 1. The highest BCUT2D eigenvalue weighted by Crippen LogP contribution is 2.32. The fourth-order valence-electron chi connectivity index (χ4n) is 2.17. The van der Waals surface area contributed by atoms with Crippen molar-refractivity contribution in [1.29, 1.82) is 0 Å². The highest BCUT2D eigenvalue weighted by atomic mass is 79.9. The SMILES string of the molecule is Cc1sc(C(CN)N(C)CCc2ccncc2)cc1Br. The smallest absolute Gasteiger partial charge is 0.0562 e. The maximum absolute atomic E-state index is 5.97. The van der Waals surface area contributed by atoms with E-state index in [-0.39, 0.29) is 6.04 Å². The van der Waals surface area contributed by atoms with Crippen molar-refractivity contribution in [3.05, 3.63) is 50.4 Å². The molecule has 0 aliphatic carbocycles. The van der Waals surface area contributed by atoms with E-state index in [1.165, 1.54) is 19.8 Å². The van der Waals surface area contributed by atoms with Crippen LogP contribution in [0.3, 0.4) is 0 Å². The molecule has 108 valence electrons. The second-order valence-corrected chi connectivity index (χ2v) is 7.03. The van der Waals surface area contributed by atoms with Crippen LogP contribution in [0, 0.1) is 6.92 Å². The lowest BCUT2D eigenvalue weighted by Gasteiger charge is -2.26. The van der Waals surface area contributed by atoms with Gasteiger partial charge in [0.25, 0.3) is 0 Å². The molecule has 2 heterocycles. The van der Waals surface area contributed by atoms with Gasteiger partial charge in [-0.25, -0.2) is 0 Å². The summed E-state index contributed by atoms with van der Waals surface area (Å²) >= 11 is 5.40. The van der Waals surface area contributed by atoms with Crippen molar-refractivity contribution in [3.8, 4) is 0 Å². The molecule has 3 nitrogen and oxygen atoms in total. The topological polar surface area (TPSA) is 42.1 Å². The zero-order valence-electron chi connectivity index (χ0n) is 11.8. The van der Waals surface area contributed by atoms with Crippen LogP contribution in [0.5, 0.6) is 0 Å². The van der Waals surface area contributed by atoms with Gasteiger partial charge in [0.1, 0.15) is 0 Å². The molecule has 0 bridgehead atoms. The summed E-state index contributed by atoms with van der Waals surface area (Å²) in [5, 5.41) is 0. The number of aryl methyl sites for hydroxylation is 1. The van der Waals surface area contributed by atoms with Gasteiger partial charge >= 0.3 is 0 Å². The predicted octanol–water partition coefficient (Wildman–Crippen LogP) is 3.39. The molecule has 0 aliphatic heterocycles. The van der Waals surface area contributed by atoms with E-state index in [1.54, 1.807) is 0 Å². The molecule has 0 fully saturated rings. The summed E-state index contributed by atoms with van der Waals surface area (Å²) in [5.41, 5.74) is 7.28. The fraction of sp³-hybridized carbons (Fsp3) is 0.400. The van der Waals surface area contributed by atoms with Crippen molar-refractivity contribution in [1.82, 2.24) is 9.88 Å². The average molecular weight is 354 g/mol. The quantitative estimate of drug-likeness (QED) is 0.865. The van der Waals surface area contributed by atoms with Crippen LogP contribution in [0.2, 0.25) is 0 Å². The third-order valence-corrected chi connectivity index (χ3v) is 5.70. The summed E-state index contributed by atoms with van der Waals surface area (Å²) in [4.78, 5) is 9.01. The van der Waals surface area contributed by atoms with Crippen molar-refractivity contribution in [3.63, 3.8) is 0 Å². The average Bonchev–Trinajstić information content (AvgIpc) is 2.78. The molecule has 0 saturated heterocycles. The van der Waals surface area contributed by atoms with Crippen LogP contribution in [0.25, 0.3) is 0 Å². The van der Waals surface area contributed by atoms with Gasteiger partial charge in [0.15, 0.2) is 0 Å². The van der Waals surface area contributed by atoms with E-state index < -0.39 is 0 Å². The summed E-state index contributed by atoms with van der Waals surface area (Å²) in [6.07, 6.45) is 4.70. The monoisotopic (exact) mass is 353 g/mol. The fourth-order valence-corrected chi connectivity index (χ4v) is 3.91. The largest absolute Gasteiger partial charge is 0.329 e. The van der Waals surface area contributed by atoms with Crippen molar-refractivity contribution < 1.29 is 0 Å². The van der Waals surface area contributed by atoms with Gasteiger partial charge in [0.2, 0.25) is 0 Å². The van der Waals surface area contributed by atoms with E-state index in [1.807, 2.05) is 23.7 Å². The number of hydrogen-bond acceptors (Lipinski definition) is 4. The van der Waals surface area contributed by atoms with Crippen molar-refractivity contribution in [2.45, 2.75) is 19.4 Å². The van der Waals surface area contributed by atoms with Crippen LogP contribution in [0.15, 0.2) is 35.1 Å². The number of rotatable bonds is 6. The Balaban J connectivity index is 2.00. The van der Waals surface area contributed by atoms with Gasteiger partial charge in [0.05, 0.1) is 6.04 Å². The van der Waals surface area contributed by atoms with Crippen LogP contribution < -0.4 is 5.73 Å². The molecular formula is C15H20BrN3S. The Morgan fingerprint density at radius 2 is 2.10 bits per heavy atom. The van der Waals surface area contributed by atoms with Crippen LogP contribution >= 0.6 is 27.3 Å². The maximum atomic E-state index is 5.97. The van der Waals surface area contributed by atoms with Gasteiger partial charge in [-0.2, -0.15) is 0 Å². The number of aromatic nitrogens is 1. The molecule has 5 heteroatoms. The van der Waals surface area contributed by atoms with Crippen LogP contribution in [-0.4, -0.2) is 30.0 Å². The van der Waals surface area contributed by atoms with Gasteiger partial charge in [0, 0.05) is 39.7 Å². The van der Waals surface area contributed by atoms with E-state index in [0.29, 0.717) is 6.54 Å². The van der Waals surface area contributed by atoms with E-state index in [0.717, 1.165) is 13.0 Å². The lowest BCUT2D eigenvalue weighted by Crippen LogP contribution is -2.31. The highest BCUT2D eigenvalue weighted by molar-refractivity contribution is 9.10. The Bertz CT molecular complexity index is 522.